The molecule has 6 nitrogen and oxygen atoms in total. The van der Waals surface area contributed by atoms with Crippen LogP contribution in [0, 0.1) is 6.92 Å². The van der Waals surface area contributed by atoms with Gasteiger partial charge in [0.05, 0.1) is 12.7 Å². The van der Waals surface area contributed by atoms with Gasteiger partial charge in [0.2, 0.25) is 5.89 Å². The minimum atomic E-state index is -0.182. The van der Waals surface area contributed by atoms with Crippen LogP contribution in [0.15, 0.2) is 28.9 Å². The predicted molar refractivity (Wildman–Crippen MR) is 70.8 cm³/mol. The quantitative estimate of drug-likeness (QED) is 0.856. The van der Waals surface area contributed by atoms with Crippen molar-refractivity contribution in [2.75, 3.05) is 11.9 Å². The maximum Gasteiger partial charge on any atom is 0.269 e. The van der Waals surface area contributed by atoms with Crippen molar-refractivity contribution in [3.63, 3.8) is 0 Å². The normalized spacial score (nSPS) is 10.2. The number of oxazole rings is 1. The van der Waals surface area contributed by atoms with Crippen molar-refractivity contribution in [2.45, 2.75) is 20.4 Å². The molecule has 2 rings (SSSR count). The molecule has 100 valence electrons. The van der Waals surface area contributed by atoms with Gasteiger partial charge in [-0.3, -0.25) is 9.78 Å². The maximum atomic E-state index is 11.6. The number of carbonyl (C=O) groups is 1. The van der Waals surface area contributed by atoms with Crippen LogP contribution in [-0.2, 0) is 6.54 Å². The van der Waals surface area contributed by atoms with Gasteiger partial charge in [-0.05, 0) is 26.0 Å². The Morgan fingerprint density at radius 2 is 2.26 bits per heavy atom. The van der Waals surface area contributed by atoms with E-state index < -0.39 is 0 Å². The van der Waals surface area contributed by atoms with Crippen molar-refractivity contribution in [3.8, 4) is 0 Å². The van der Waals surface area contributed by atoms with Gasteiger partial charge in [0.15, 0.2) is 0 Å². The highest BCUT2D eigenvalue weighted by Crippen LogP contribution is 2.10. The first-order valence-corrected chi connectivity index (χ1v) is 6.08. The summed E-state index contributed by atoms with van der Waals surface area (Å²) in [5, 5.41) is 5.84. The van der Waals surface area contributed by atoms with Crippen molar-refractivity contribution in [1.29, 1.82) is 0 Å². The Hall–Kier alpha value is -2.37. The second kappa shape index (κ2) is 5.99. The number of hydrogen-bond donors (Lipinski definition) is 2. The molecule has 2 heterocycles. The Morgan fingerprint density at radius 1 is 1.42 bits per heavy atom. The van der Waals surface area contributed by atoms with E-state index in [0.29, 0.717) is 24.7 Å². The zero-order valence-corrected chi connectivity index (χ0v) is 10.9. The Balaban J connectivity index is 2.00. The third kappa shape index (κ3) is 3.54. The topological polar surface area (TPSA) is 80.0 Å². The number of anilines is 1. The highest BCUT2D eigenvalue weighted by atomic mass is 16.4. The first-order chi connectivity index (χ1) is 9.19. The molecule has 1 amide bonds. The molecule has 6 heteroatoms. The van der Waals surface area contributed by atoms with Crippen molar-refractivity contribution in [1.82, 2.24) is 15.3 Å². The summed E-state index contributed by atoms with van der Waals surface area (Å²) in [5.41, 5.74) is 1.18. The number of aryl methyl sites for hydroxylation is 1. The lowest BCUT2D eigenvalue weighted by Crippen LogP contribution is -2.23. The fourth-order valence-electron chi connectivity index (χ4n) is 1.58. The number of pyridine rings is 1. The predicted octanol–water partition coefficient (Wildman–Crippen LogP) is 1.74. The number of carbonyl (C=O) groups excluding carboxylic acids is 1. The molecule has 0 aromatic carbocycles. The van der Waals surface area contributed by atoms with E-state index >= 15 is 0 Å². The van der Waals surface area contributed by atoms with Crippen LogP contribution in [0.25, 0.3) is 0 Å². The van der Waals surface area contributed by atoms with Crippen molar-refractivity contribution in [2.24, 2.45) is 0 Å². The van der Waals surface area contributed by atoms with E-state index in [2.05, 4.69) is 20.6 Å². The fraction of sp³-hybridized carbons (Fsp3) is 0.308. The molecule has 2 N–H and O–H groups in total. The molecule has 0 unspecified atom stereocenters. The summed E-state index contributed by atoms with van der Waals surface area (Å²) in [7, 11) is 0. The second-order valence-corrected chi connectivity index (χ2v) is 4.01. The smallest absolute Gasteiger partial charge is 0.269 e. The van der Waals surface area contributed by atoms with Crippen LogP contribution in [0.4, 0.5) is 5.69 Å². The summed E-state index contributed by atoms with van der Waals surface area (Å²) < 4.78 is 5.35. The van der Waals surface area contributed by atoms with E-state index in [4.69, 9.17) is 4.42 Å². The third-order valence-corrected chi connectivity index (χ3v) is 2.44. The number of amides is 1. The fourth-order valence-corrected chi connectivity index (χ4v) is 1.58. The molecular weight excluding hydrogens is 244 g/mol. The Bertz CT molecular complexity index is 565. The maximum absolute atomic E-state index is 11.6. The minimum absolute atomic E-state index is 0.182. The summed E-state index contributed by atoms with van der Waals surface area (Å²) >= 11 is 0. The van der Waals surface area contributed by atoms with Gasteiger partial charge >= 0.3 is 0 Å². The summed E-state index contributed by atoms with van der Waals surface area (Å²) in [5.74, 6) is 1.20. The van der Waals surface area contributed by atoms with Crippen LogP contribution >= 0.6 is 0 Å². The second-order valence-electron chi connectivity index (χ2n) is 4.01. The summed E-state index contributed by atoms with van der Waals surface area (Å²) in [4.78, 5) is 19.8. The van der Waals surface area contributed by atoms with Crippen LogP contribution in [0.2, 0.25) is 0 Å². The van der Waals surface area contributed by atoms with Crippen LogP contribution in [0.3, 0.4) is 0 Å². The number of hydrogen-bond acceptors (Lipinski definition) is 5. The lowest BCUT2D eigenvalue weighted by Gasteiger charge is -2.06. The summed E-state index contributed by atoms with van der Waals surface area (Å²) in [6, 6.07) is 3.49. The molecule has 0 saturated heterocycles. The van der Waals surface area contributed by atoms with E-state index in [1.165, 1.54) is 0 Å². The highest BCUT2D eigenvalue weighted by Gasteiger charge is 2.07. The zero-order valence-electron chi connectivity index (χ0n) is 10.9. The Kier molecular flexibility index (Phi) is 4.12. The SMILES string of the molecule is CCNC(=O)c1cc(NCc2ncc(C)o2)ccn1. The van der Waals surface area contributed by atoms with Gasteiger partial charge in [-0.15, -0.1) is 0 Å². The molecule has 0 aliphatic rings. The Labute approximate surface area is 111 Å². The first kappa shape index (κ1) is 13.1. The number of nitrogens with one attached hydrogen (secondary N) is 2. The number of rotatable bonds is 5. The molecule has 0 aliphatic carbocycles. The molecule has 2 aromatic heterocycles. The molecular formula is C13H16N4O2. The molecule has 0 saturated carbocycles. The van der Waals surface area contributed by atoms with E-state index in [1.807, 2.05) is 13.8 Å². The molecule has 19 heavy (non-hydrogen) atoms. The molecule has 0 aliphatic heterocycles. The van der Waals surface area contributed by atoms with Gasteiger partial charge in [0.1, 0.15) is 11.5 Å². The minimum Gasteiger partial charge on any atom is -0.444 e. The van der Waals surface area contributed by atoms with Gasteiger partial charge in [0, 0.05) is 18.4 Å². The van der Waals surface area contributed by atoms with Crippen LogP contribution < -0.4 is 10.6 Å². The molecule has 2 aromatic rings. The molecule has 0 spiro atoms. The molecule has 0 atom stereocenters. The Morgan fingerprint density at radius 3 is 2.95 bits per heavy atom. The standard InChI is InChI=1S/C13H16N4O2/c1-3-14-13(18)11-6-10(4-5-15-11)16-8-12-17-7-9(2)19-12/h4-7H,3,8H2,1-2H3,(H,14,18)(H,15,16). The van der Waals surface area contributed by atoms with Gasteiger partial charge in [0.25, 0.3) is 5.91 Å². The third-order valence-electron chi connectivity index (χ3n) is 2.44. The van der Waals surface area contributed by atoms with Crippen molar-refractivity contribution in [3.05, 3.63) is 41.9 Å². The van der Waals surface area contributed by atoms with Gasteiger partial charge < -0.3 is 15.1 Å². The van der Waals surface area contributed by atoms with Gasteiger partial charge in [-0.25, -0.2) is 4.98 Å². The van der Waals surface area contributed by atoms with E-state index in [1.54, 1.807) is 24.5 Å². The average molecular weight is 260 g/mol. The van der Waals surface area contributed by atoms with E-state index in [-0.39, 0.29) is 5.91 Å². The van der Waals surface area contributed by atoms with Crippen LogP contribution in [0.1, 0.15) is 29.1 Å². The van der Waals surface area contributed by atoms with Crippen LogP contribution in [-0.4, -0.2) is 22.4 Å². The molecule has 0 fully saturated rings. The van der Waals surface area contributed by atoms with Gasteiger partial charge in [-0.2, -0.15) is 0 Å². The lowest BCUT2D eigenvalue weighted by molar-refractivity contribution is 0.0951. The molecule has 0 radical (unpaired) electrons. The lowest BCUT2D eigenvalue weighted by atomic mass is 10.3. The number of aromatic nitrogens is 2. The highest BCUT2D eigenvalue weighted by molar-refractivity contribution is 5.93. The largest absolute Gasteiger partial charge is 0.444 e. The molecule has 0 bridgehead atoms. The number of nitrogens with zero attached hydrogens (tertiary/aromatic N) is 2. The first-order valence-electron chi connectivity index (χ1n) is 6.08. The van der Waals surface area contributed by atoms with E-state index in [0.717, 1.165) is 11.4 Å². The average Bonchev–Trinajstić information content (AvgIpc) is 2.83. The van der Waals surface area contributed by atoms with Gasteiger partial charge in [-0.1, -0.05) is 0 Å². The zero-order chi connectivity index (χ0) is 13.7. The summed E-state index contributed by atoms with van der Waals surface area (Å²) in [6.45, 7) is 4.75. The van der Waals surface area contributed by atoms with E-state index in [9.17, 15) is 4.79 Å². The van der Waals surface area contributed by atoms with Crippen LogP contribution in [0.5, 0.6) is 0 Å². The monoisotopic (exact) mass is 260 g/mol. The van der Waals surface area contributed by atoms with Crippen molar-refractivity contribution >= 4 is 11.6 Å². The van der Waals surface area contributed by atoms with Crippen molar-refractivity contribution < 1.29 is 9.21 Å². The summed E-state index contributed by atoms with van der Waals surface area (Å²) in [6.07, 6.45) is 3.26.